The molecule has 4 heterocycles. The normalized spacial score (nSPS) is 22.0. The molecular weight excluding hydrogens is 439 g/mol. The Balaban J connectivity index is 1.65. The minimum Gasteiger partial charge on any atom is -0.388 e. The second-order valence-electron chi connectivity index (χ2n) is 9.13. The van der Waals surface area contributed by atoms with E-state index in [2.05, 4.69) is 34.3 Å². The number of nitrogens with two attached hydrogens (primary N) is 1. The van der Waals surface area contributed by atoms with Crippen molar-refractivity contribution >= 4 is 40.5 Å². The number of hydrogen-bond donors (Lipinski definition) is 3. The number of aromatic nitrogens is 5. The Kier molecular flexibility index (Phi) is 5.57. The highest BCUT2D eigenvalue weighted by Crippen LogP contribution is 2.43. The number of hydrogen-bond acceptors (Lipinski definition) is 6. The van der Waals surface area contributed by atoms with Crippen LogP contribution in [0.1, 0.15) is 56.0 Å². The monoisotopic (exact) mass is 467 g/mol. The Morgan fingerprint density at radius 1 is 1.27 bits per heavy atom. The molecule has 0 amide bonds. The van der Waals surface area contributed by atoms with Gasteiger partial charge in [-0.1, -0.05) is 26.1 Å². The van der Waals surface area contributed by atoms with Crippen molar-refractivity contribution in [2.75, 3.05) is 11.9 Å². The van der Waals surface area contributed by atoms with Gasteiger partial charge in [-0.05, 0) is 31.2 Å². The largest absolute Gasteiger partial charge is 0.388 e. The number of rotatable bonds is 6. The quantitative estimate of drug-likeness (QED) is 0.284. The van der Waals surface area contributed by atoms with Crippen molar-refractivity contribution < 1.29 is 4.39 Å². The summed E-state index contributed by atoms with van der Waals surface area (Å²) in [5.41, 5.74) is 10.2. The molecule has 0 spiro atoms. The Labute approximate surface area is 197 Å². The predicted octanol–water partition coefficient (Wildman–Crippen LogP) is 4.18. The van der Waals surface area contributed by atoms with Crippen LogP contribution in [-0.2, 0) is 12.8 Å². The van der Waals surface area contributed by atoms with Gasteiger partial charge in [0.05, 0.1) is 18.4 Å². The number of H-pyrrole nitrogens is 1. The fourth-order valence-corrected chi connectivity index (χ4v) is 5.35. The molecule has 8 nitrogen and oxygen atoms in total. The molecule has 0 radical (unpaired) electrons. The summed E-state index contributed by atoms with van der Waals surface area (Å²) in [4.78, 5) is 14.4. The maximum atomic E-state index is 13.7. The van der Waals surface area contributed by atoms with Crippen molar-refractivity contribution in [1.29, 1.82) is 0 Å². The first kappa shape index (κ1) is 21.8. The number of pyridine rings is 1. The highest BCUT2D eigenvalue weighted by Gasteiger charge is 2.50. The van der Waals surface area contributed by atoms with Crippen molar-refractivity contribution in [2.24, 2.45) is 5.73 Å². The first-order valence-electron chi connectivity index (χ1n) is 11.4. The molecule has 1 fully saturated rings. The number of thiocarbonyl (C=S) groups is 1. The second kappa shape index (κ2) is 8.42. The molecule has 1 aliphatic heterocycles. The Morgan fingerprint density at radius 3 is 2.82 bits per heavy atom. The Bertz CT molecular complexity index is 1190. The lowest BCUT2D eigenvalue weighted by molar-refractivity contribution is 0.397. The summed E-state index contributed by atoms with van der Waals surface area (Å²) in [6.45, 7) is 4.95. The zero-order valence-electron chi connectivity index (χ0n) is 18.8. The molecule has 2 aliphatic rings. The lowest BCUT2D eigenvalue weighted by Crippen LogP contribution is -2.54. The van der Waals surface area contributed by atoms with Gasteiger partial charge in [-0.2, -0.15) is 19.5 Å². The van der Waals surface area contributed by atoms with Crippen LogP contribution in [0.4, 0.5) is 27.7 Å². The summed E-state index contributed by atoms with van der Waals surface area (Å²) < 4.78 is 13.9. The average molecular weight is 468 g/mol. The molecule has 3 aromatic rings. The van der Waals surface area contributed by atoms with E-state index >= 15 is 0 Å². The number of aromatic amines is 1. The summed E-state index contributed by atoms with van der Waals surface area (Å²) >= 11 is 5.48. The maximum absolute atomic E-state index is 13.7. The van der Waals surface area contributed by atoms with E-state index in [0.29, 0.717) is 23.4 Å². The SMILES string of the molecule is CC(C)c1cc(Nc2nc([N+]3(c4ccc(F)nc4)CCCC3C(N)=S)nc3c2CCC3)n[nH]1. The van der Waals surface area contributed by atoms with E-state index in [-0.39, 0.29) is 10.5 Å². The average Bonchev–Trinajstić information content (AvgIpc) is 3.53. The van der Waals surface area contributed by atoms with E-state index in [1.807, 2.05) is 6.07 Å². The fourth-order valence-electron chi connectivity index (χ4n) is 5.06. The van der Waals surface area contributed by atoms with Gasteiger partial charge in [-0.25, -0.2) is 9.47 Å². The van der Waals surface area contributed by atoms with Crippen LogP contribution in [0.15, 0.2) is 24.4 Å². The molecular formula is C23H28FN8S+. The molecule has 0 aromatic carbocycles. The van der Waals surface area contributed by atoms with Crippen LogP contribution in [0.5, 0.6) is 0 Å². The van der Waals surface area contributed by atoms with E-state index in [0.717, 1.165) is 66.4 Å². The molecule has 3 aromatic heterocycles. The summed E-state index contributed by atoms with van der Waals surface area (Å²) in [5.74, 6) is 1.91. The second-order valence-corrected chi connectivity index (χ2v) is 9.60. The summed E-state index contributed by atoms with van der Waals surface area (Å²) in [6, 6.07) is 4.94. The molecule has 1 saturated heterocycles. The van der Waals surface area contributed by atoms with Gasteiger partial charge < -0.3 is 11.1 Å². The molecule has 2 unspecified atom stereocenters. The first-order valence-corrected chi connectivity index (χ1v) is 11.8. The van der Waals surface area contributed by atoms with Crippen LogP contribution < -0.4 is 15.5 Å². The van der Waals surface area contributed by atoms with Gasteiger partial charge in [0.25, 0.3) is 0 Å². The molecule has 0 bridgehead atoms. The smallest absolute Gasteiger partial charge is 0.336 e. The molecule has 0 saturated carbocycles. The van der Waals surface area contributed by atoms with E-state index < -0.39 is 5.95 Å². The van der Waals surface area contributed by atoms with Gasteiger partial charge in [0.2, 0.25) is 5.95 Å². The molecule has 2 atom stereocenters. The van der Waals surface area contributed by atoms with Crippen molar-refractivity contribution in [3.05, 3.63) is 47.3 Å². The van der Waals surface area contributed by atoms with E-state index in [1.165, 1.54) is 6.07 Å². The standard InChI is InChI=1S/C23H27FN8S/c1-13(2)17-11-20(31-30-17)28-22-15-5-3-6-16(15)27-23(29-22)32(10-4-7-18(32)21(25)33)14-8-9-19(24)26-12-14/h8-9,11-13,18H,3-7,10H2,1-2H3,(H3-,25,27,28,29,30,31,33)/p+1. The molecule has 10 heteroatoms. The third-order valence-corrected chi connectivity index (χ3v) is 7.04. The highest BCUT2D eigenvalue weighted by molar-refractivity contribution is 7.80. The van der Waals surface area contributed by atoms with E-state index in [4.69, 9.17) is 27.9 Å². The third-order valence-electron chi connectivity index (χ3n) is 6.77. The maximum Gasteiger partial charge on any atom is 0.336 e. The summed E-state index contributed by atoms with van der Waals surface area (Å²) in [6.07, 6.45) is 6.09. The topological polar surface area (TPSA) is 105 Å². The number of nitrogens with one attached hydrogen (secondary N) is 2. The van der Waals surface area contributed by atoms with Crippen LogP contribution in [0.3, 0.4) is 0 Å². The molecule has 33 heavy (non-hydrogen) atoms. The fraction of sp³-hybridized carbons (Fsp3) is 0.435. The van der Waals surface area contributed by atoms with Crippen LogP contribution in [0.2, 0.25) is 0 Å². The lowest BCUT2D eigenvalue weighted by Gasteiger charge is -2.36. The number of anilines is 2. The van der Waals surface area contributed by atoms with Gasteiger partial charge in [0.1, 0.15) is 10.8 Å². The van der Waals surface area contributed by atoms with Crippen LogP contribution in [0.25, 0.3) is 0 Å². The minimum atomic E-state index is -0.528. The van der Waals surface area contributed by atoms with Gasteiger partial charge in [-0.3, -0.25) is 5.10 Å². The predicted molar refractivity (Wildman–Crippen MR) is 130 cm³/mol. The van der Waals surface area contributed by atoms with Gasteiger partial charge in [0.15, 0.2) is 17.5 Å². The Morgan fingerprint density at radius 2 is 2.12 bits per heavy atom. The summed E-state index contributed by atoms with van der Waals surface area (Å²) in [7, 11) is 0. The highest BCUT2D eigenvalue weighted by atomic mass is 32.1. The van der Waals surface area contributed by atoms with Gasteiger partial charge in [0, 0.05) is 36.2 Å². The molecule has 4 N–H and O–H groups in total. The van der Waals surface area contributed by atoms with Crippen molar-refractivity contribution in [1.82, 2.24) is 29.6 Å². The number of aryl methyl sites for hydroxylation is 1. The summed E-state index contributed by atoms with van der Waals surface area (Å²) in [5, 5.41) is 10.9. The first-order chi connectivity index (χ1) is 15.9. The number of fused-ring (bicyclic) bond motifs is 1. The van der Waals surface area contributed by atoms with Crippen molar-refractivity contribution in [3.63, 3.8) is 0 Å². The number of nitrogens with zero attached hydrogens (tertiary/aromatic N) is 5. The zero-order valence-corrected chi connectivity index (χ0v) is 19.6. The minimum absolute atomic E-state index is 0.183. The van der Waals surface area contributed by atoms with Crippen LogP contribution in [0, 0.1) is 5.95 Å². The van der Waals surface area contributed by atoms with Crippen LogP contribution in [-0.4, -0.2) is 42.7 Å². The lowest BCUT2D eigenvalue weighted by atomic mass is 10.1. The third kappa shape index (κ3) is 3.76. The zero-order chi connectivity index (χ0) is 23.2. The van der Waals surface area contributed by atoms with Gasteiger partial charge in [-0.15, -0.1) is 0 Å². The van der Waals surface area contributed by atoms with Crippen molar-refractivity contribution in [2.45, 2.75) is 57.9 Å². The molecule has 172 valence electrons. The molecule has 1 aliphatic carbocycles. The number of quaternary nitrogens is 1. The Hall–Kier alpha value is -2.98. The number of halogens is 1. The molecule has 5 rings (SSSR count). The van der Waals surface area contributed by atoms with Gasteiger partial charge >= 0.3 is 5.95 Å². The van der Waals surface area contributed by atoms with Crippen LogP contribution >= 0.6 is 12.2 Å². The van der Waals surface area contributed by atoms with E-state index in [1.54, 1.807) is 12.3 Å². The van der Waals surface area contributed by atoms with E-state index in [9.17, 15) is 4.39 Å². The van der Waals surface area contributed by atoms with Crippen molar-refractivity contribution in [3.8, 4) is 0 Å².